The minimum atomic E-state index is -0.940. The van der Waals surface area contributed by atoms with E-state index < -0.39 is 23.8 Å². The summed E-state index contributed by atoms with van der Waals surface area (Å²) in [6.07, 6.45) is -0.561. The largest absolute Gasteiger partial charge is 0.392 e. The monoisotopic (exact) mass is 314 g/mol. The van der Waals surface area contributed by atoms with E-state index in [0.717, 1.165) is 12.1 Å². The minimum absolute atomic E-state index is 0.204. The van der Waals surface area contributed by atoms with Gasteiger partial charge in [-0.2, -0.15) is 0 Å². The molecule has 1 fully saturated rings. The summed E-state index contributed by atoms with van der Waals surface area (Å²) < 4.78 is 31.9. The number of likely N-dealkylation sites (N-methyl/N-ethyl adjacent to an activating group) is 1. The van der Waals surface area contributed by atoms with Gasteiger partial charge in [0, 0.05) is 20.2 Å². The van der Waals surface area contributed by atoms with Crippen LogP contribution >= 0.6 is 0 Å². The highest BCUT2D eigenvalue weighted by atomic mass is 19.2. The molecule has 1 aromatic rings. The van der Waals surface area contributed by atoms with E-state index in [2.05, 4.69) is 5.32 Å². The Hall–Kier alpha value is -1.73. The van der Waals surface area contributed by atoms with Crippen molar-refractivity contribution in [3.63, 3.8) is 0 Å². The summed E-state index contributed by atoms with van der Waals surface area (Å²) >= 11 is 0. The van der Waals surface area contributed by atoms with Crippen molar-refractivity contribution in [3.05, 3.63) is 35.4 Å². The molecule has 1 heterocycles. The normalized spacial score (nSPS) is 22.4. The first-order valence-corrected chi connectivity index (χ1v) is 7.14. The van der Waals surface area contributed by atoms with Crippen LogP contribution in [0, 0.1) is 11.6 Å². The number of carbonyl (C=O) groups is 1. The SMILES string of the molecule is CC(O)CN(C)C(=O)NC1CCOC1c1ccc(F)c(F)c1. The zero-order valence-electron chi connectivity index (χ0n) is 12.6. The third-order valence-corrected chi connectivity index (χ3v) is 3.56. The van der Waals surface area contributed by atoms with Gasteiger partial charge in [0.15, 0.2) is 11.6 Å². The molecule has 2 N–H and O–H groups in total. The second-order valence-corrected chi connectivity index (χ2v) is 5.54. The van der Waals surface area contributed by atoms with Crippen LogP contribution in [0.2, 0.25) is 0 Å². The molecule has 0 aromatic heterocycles. The van der Waals surface area contributed by atoms with Gasteiger partial charge in [-0.1, -0.05) is 6.07 Å². The summed E-state index contributed by atoms with van der Waals surface area (Å²) in [4.78, 5) is 13.4. The second kappa shape index (κ2) is 7.02. The molecule has 2 amide bonds. The van der Waals surface area contributed by atoms with Crippen LogP contribution in [0.5, 0.6) is 0 Å². The molecule has 1 saturated heterocycles. The molecule has 1 aliphatic heterocycles. The third-order valence-electron chi connectivity index (χ3n) is 3.56. The summed E-state index contributed by atoms with van der Waals surface area (Å²) in [6.45, 7) is 2.22. The maximum atomic E-state index is 13.3. The van der Waals surface area contributed by atoms with Gasteiger partial charge in [0.1, 0.15) is 6.10 Å². The van der Waals surface area contributed by atoms with Gasteiger partial charge in [-0.25, -0.2) is 13.6 Å². The first-order chi connectivity index (χ1) is 10.4. The van der Waals surface area contributed by atoms with E-state index in [9.17, 15) is 18.7 Å². The first-order valence-electron chi connectivity index (χ1n) is 7.14. The van der Waals surface area contributed by atoms with E-state index in [1.54, 1.807) is 14.0 Å². The maximum absolute atomic E-state index is 13.3. The highest BCUT2D eigenvalue weighted by Gasteiger charge is 2.32. The van der Waals surface area contributed by atoms with Crippen LogP contribution in [0.3, 0.4) is 0 Å². The van der Waals surface area contributed by atoms with Crippen LogP contribution in [0.4, 0.5) is 13.6 Å². The predicted molar refractivity (Wildman–Crippen MR) is 76.3 cm³/mol. The fraction of sp³-hybridized carbons (Fsp3) is 0.533. The molecule has 122 valence electrons. The van der Waals surface area contributed by atoms with Gasteiger partial charge < -0.3 is 20.1 Å². The number of hydrogen-bond acceptors (Lipinski definition) is 3. The number of aliphatic hydroxyl groups is 1. The Morgan fingerprint density at radius 3 is 2.86 bits per heavy atom. The van der Waals surface area contributed by atoms with Crippen LogP contribution in [0.25, 0.3) is 0 Å². The number of hydrogen-bond donors (Lipinski definition) is 2. The number of rotatable bonds is 4. The lowest BCUT2D eigenvalue weighted by atomic mass is 10.0. The molecular weight excluding hydrogens is 294 g/mol. The molecule has 22 heavy (non-hydrogen) atoms. The number of amides is 2. The maximum Gasteiger partial charge on any atom is 0.317 e. The van der Waals surface area contributed by atoms with E-state index in [-0.39, 0.29) is 18.6 Å². The topological polar surface area (TPSA) is 61.8 Å². The smallest absolute Gasteiger partial charge is 0.317 e. The predicted octanol–water partition coefficient (Wildman–Crippen LogP) is 1.82. The Labute approximate surface area is 127 Å². The van der Waals surface area contributed by atoms with E-state index in [0.29, 0.717) is 18.6 Å². The number of carbonyl (C=O) groups excluding carboxylic acids is 1. The van der Waals surface area contributed by atoms with Crippen molar-refractivity contribution in [1.29, 1.82) is 0 Å². The van der Waals surface area contributed by atoms with Gasteiger partial charge >= 0.3 is 6.03 Å². The van der Waals surface area contributed by atoms with Crippen molar-refractivity contribution in [3.8, 4) is 0 Å². The highest BCUT2D eigenvalue weighted by molar-refractivity contribution is 5.74. The molecule has 0 spiro atoms. The average molecular weight is 314 g/mol. The molecule has 3 atom stereocenters. The van der Waals surface area contributed by atoms with Crippen LogP contribution in [-0.4, -0.2) is 48.4 Å². The Bertz CT molecular complexity index is 540. The molecule has 0 radical (unpaired) electrons. The van der Waals surface area contributed by atoms with Crippen LogP contribution < -0.4 is 5.32 Å². The number of ether oxygens (including phenoxy) is 1. The fourth-order valence-corrected chi connectivity index (χ4v) is 2.50. The average Bonchev–Trinajstić information content (AvgIpc) is 2.89. The zero-order valence-corrected chi connectivity index (χ0v) is 12.6. The fourth-order valence-electron chi connectivity index (χ4n) is 2.50. The Kier molecular flexibility index (Phi) is 5.31. The Balaban J connectivity index is 2.04. The third kappa shape index (κ3) is 3.92. The highest BCUT2D eigenvalue weighted by Crippen LogP contribution is 2.30. The quantitative estimate of drug-likeness (QED) is 0.891. The molecule has 3 unspecified atom stereocenters. The van der Waals surface area contributed by atoms with E-state index in [4.69, 9.17) is 4.74 Å². The van der Waals surface area contributed by atoms with Crippen LogP contribution in [-0.2, 0) is 4.74 Å². The molecule has 2 rings (SSSR count). The van der Waals surface area contributed by atoms with Crippen molar-refractivity contribution in [2.75, 3.05) is 20.2 Å². The van der Waals surface area contributed by atoms with Crippen molar-refractivity contribution in [1.82, 2.24) is 10.2 Å². The second-order valence-electron chi connectivity index (χ2n) is 5.54. The van der Waals surface area contributed by atoms with E-state index in [1.807, 2.05) is 0 Å². The summed E-state index contributed by atoms with van der Waals surface area (Å²) in [7, 11) is 1.57. The molecule has 0 aliphatic carbocycles. The number of nitrogens with zero attached hydrogens (tertiary/aromatic N) is 1. The van der Waals surface area contributed by atoms with Gasteiger partial charge in [0.2, 0.25) is 0 Å². The standard InChI is InChI=1S/C15H20F2N2O3/c1-9(20)8-19(2)15(21)18-13-5-6-22-14(13)10-3-4-11(16)12(17)7-10/h3-4,7,9,13-14,20H,5-6,8H2,1-2H3,(H,18,21). The molecule has 5 nitrogen and oxygen atoms in total. The Morgan fingerprint density at radius 2 is 2.23 bits per heavy atom. The minimum Gasteiger partial charge on any atom is -0.392 e. The number of nitrogens with one attached hydrogen (secondary N) is 1. The van der Waals surface area contributed by atoms with E-state index in [1.165, 1.54) is 11.0 Å². The molecule has 7 heteroatoms. The molecule has 1 aromatic carbocycles. The van der Waals surface area contributed by atoms with Gasteiger partial charge in [-0.3, -0.25) is 0 Å². The van der Waals surface area contributed by atoms with Gasteiger partial charge in [0.25, 0.3) is 0 Å². The Morgan fingerprint density at radius 1 is 1.50 bits per heavy atom. The van der Waals surface area contributed by atoms with E-state index >= 15 is 0 Å². The van der Waals surface area contributed by atoms with Crippen LogP contribution in [0.1, 0.15) is 25.0 Å². The molecule has 0 bridgehead atoms. The molecular formula is C15H20F2N2O3. The molecule has 1 aliphatic rings. The van der Waals surface area contributed by atoms with Crippen molar-refractivity contribution in [2.45, 2.75) is 31.6 Å². The number of urea groups is 1. The summed E-state index contributed by atoms with van der Waals surface area (Å²) in [6, 6.07) is 2.92. The number of benzene rings is 1. The summed E-state index contributed by atoms with van der Waals surface area (Å²) in [5.41, 5.74) is 0.486. The number of halogens is 2. The zero-order chi connectivity index (χ0) is 16.3. The summed E-state index contributed by atoms with van der Waals surface area (Å²) in [5.74, 6) is -1.86. The lowest BCUT2D eigenvalue weighted by Crippen LogP contribution is -2.46. The van der Waals surface area contributed by atoms with Gasteiger partial charge in [-0.15, -0.1) is 0 Å². The van der Waals surface area contributed by atoms with Crippen molar-refractivity contribution in [2.24, 2.45) is 0 Å². The van der Waals surface area contributed by atoms with Crippen molar-refractivity contribution < 1.29 is 23.4 Å². The van der Waals surface area contributed by atoms with Gasteiger partial charge in [0.05, 0.1) is 12.1 Å². The molecule has 0 saturated carbocycles. The number of aliphatic hydroxyl groups excluding tert-OH is 1. The van der Waals surface area contributed by atoms with Crippen LogP contribution in [0.15, 0.2) is 18.2 Å². The lowest BCUT2D eigenvalue weighted by molar-refractivity contribution is 0.0965. The van der Waals surface area contributed by atoms with Gasteiger partial charge in [-0.05, 0) is 31.0 Å². The first kappa shape index (κ1) is 16.6. The summed E-state index contributed by atoms with van der Waals surface area (Å²) in [5, 5.41) is 12.1. The van der Waals surface area contributed by atoms with Crippen molar-refractivity contribution >= 4 is 6.03 Å². The lowest BCUT2D eigenvalue weighted by Gasteiger charge is -2.25.